The maximum absolute atomic E-state index is 11.8. The number of ketones is 1. The maximum atomic E-state index is 11.8. The van der Waals surface area contributed by atoms with Gasteiger partial charge in [-0.1, -0.05) is 12.1 Å². The molecular weight excluding hydrogens is 240 g/mol. The number of benzene rings is 1. The van der Waals surface area contributed by atoms with Gasteiger partial charge in [0.1, 0.15) is 17.3 Å². The maximum Gasteiger partial charge on any atom is 0.134 e. The quantitative estimate of drug-likeness (QED) is 0.843. The van der Waals surface area contributed by atoms with Gasteiger partial charge in [-0.2, -0.15) is 0 Å². The highest BCUT2D eigenvalue weighted by atomic mass is 16.5. The van der Waals surface area contributed by atoms with E-state index in [9.17, 15) is 4.79 Å². The molecule has 1 fully saturated rings. The van der Waals surface area contributed by atoms with Gasteiger partial charge in [0, 0.05) is 24.7 Å². The summed E-state index contributed by atoms with van der Waals surface area (Å²) in [5.41, 5.74) is 1.17. The molecule has 3 nitrogen and oxygen atoms in total. The van der Waals surface area contributed by atoms with E-state index in [1.807, 2.05) is 36.4 Å². The summed E-state index contributed by atoms with van der Waals surface area (Å²) in [6.45, 7) is 0. The number of methoxy groups -OCH3 is 1. The van der Waals surface area contributed by atoms with Gasteiger partial charge in [0.15, 0.2) is 0 Å². The molecule has 0 spiro atoms. The molecule has 0 N–H and O–H groups in total. The van der Waals surface area contributed by atoms with Crippen LogP contribution in [0.5, 0.6) is 5.75 Å². The SMILES string of the molecule is COc1ccc([C@@H]2CC(=O)C[C@H]2c2ccco2)cc1. The highest BCUT2D eigenvalue weighted by Gasteiger charge is 2.36. The first-order valence-corrected chi connectivity index (χ1v) is 6.47. The molecule has 98 valence electrons. The first-order chi connectivity index (χ1) is 9.28. The van der Waals surface area contributed by atoms with Gasteiger partial charge in [0.2, 0.25) is 0 Å². The second kappa shape index (κ2) is 4.92. The van der Waals surface area contributed by atoms with Crippen LogP contribution in [0.2, 0.25) is 0 Å². The number of ether oxygens (including phenoxy) is 1. The molecule has 0 amide bonds. The van der Waals surface area contributed by atoms with Crippen LogP contribution in [0.15, 0.2) is 47.1 Å². The van der Waals surface area contributed by atoms with Crippen LogP contribution in [-0.2, 0) is 4.79 Å². The van der Waals surface area contributed by atoms with Gasteiger partial charge in [0.25, 0.3) is 0 Å². The molecule has 1 heterocycles. The standard InChI is InChI=1S/C16H16O3/c1-18-13-6-4-11(5-7-13)14-9-12(17)10-15(14)16-3-2-8-19-16/h2-8,14-15H,9-10H2,1H3/t14-,15+/m0/s1. The Morgan fingerprint density at radius 2 is 1.84 bits per heavy atom. The van der Waals surface area contributed by atoms with E-state index in [0.29, 0.717) is 18.6 Å². The van der Waals surface area contributed by atoms with Crippen molar-refractivity contribution in [2.24, 2.45) is 0 Å². The Hall–Kier alpha value is -2.03. The molecule has 0 saturated heterocycles. The van der Waals surface area contributed by atoms with E-state index in [1.165, 1.54) is 5.56 Å². The van der Waals surface area contributed by atoms with Crippen LogP contribution in [0, 0.1) is 0 Å². The van der Waals surface area contributed by atoms with Gasteiger partial charge >= 0.3 is 0 Å². The first-order valence-electron chi connectivity index (χ1n) is 6.47. The average molecular weight is 256 g/mol. The average Bonchev–Trinajstić information content (AvgIpc) is 3.07. The predicted octanol–water partition coefficient (Wildman–Crippen LogP) is 3.52. The lowest BCUT2D eigenvalue weighted by molar-refractivity contribution is -0.117. The largest absolute Gasteiger partial charge is 0.497 e. The normalized spacial score (nSPS) is 22.7. The Morgan fingerprint density at radius 3 is 2.47 bits per heavy atom. The van der Waals surface area contributed by atoms with Crippen molar-refractivity contribution in [3.63, 3.8) is 0 Å². The van der Waals surface area contributed by atoms with Gasteiger partial charge in [-0.15, -0.1) is 0 Å². The number of carbonyl (C=O) groups is 1. The van der Waals surface area contributed by atoms with Crippen LogP contribution in [0.4, 0.5) is 0 Å². The molecule has 1 aromatic carbocycles. The molecule has 0 radical (unpaired) electrons. The molecule has 2 aromatic rings. The van der Waals surface area contributed by atoms with Crippen molar-refractivity contribution in [2.45, 2.75) is 24.7 Å². The van der Waals surface area contributed by atoms with Gasteiger partial charge in [-0.3, -0.25) is 4.79 Å². The molecular formula is C16H16O3. The zero-order chi connectivity index (χ0) is 13.2. The first kappa shape index (κ1) is 12.0. The summed E-state index contributed by atoms with van der Waals surface area (Å²) >= 11 is 0. The van der Waals surface area contributed by atoms with Crippen LogP contribution >= 0.6 is 0 Å². The van der Waals surface area contributed by atoms with E-state index in [0.717, 1.165) is 11.5 Å². The fraction of sp³-hybridized carbons (Fsp3) is 0.312. The monoisotopic (exact) mass is 256 g/mol. The Kier molecular flexibility index (Phi) is 3.11. The summed E-state index contributed by atoms with van der Waals surface area (Å²) in [6.07, 6.45) is 2.84. The number of hydrogen-bond donors (Lipinski definition) is 0. The Labute approximate surface area is 112 Å². The topological polar surface area (TPSA) is 39.4 Å². The molecule has 0 aliphatic heterocycles. The molecule has 0 unspecified atom stereocenters. The molecule has 3 heteroatoms. The number of carbonyl (C=O) groups excluding carboxylic acids is 1. The number of rotatable bonds is 3. The Balaban J connectivity index is 1.90. The summed E-state index contributed by atoms with van der Waals surface area (Å²) in [6, 6.07) is 11.8. The van der Waals surface area contributed by atoms with Crippen molar-refractivity contribution >= 4 is 5.78 Å². The van der Waals surface area contributed by atoms with Gasteiger partial charge in [-0.05, 0) is 29.8 Å². The van der Waals surface area contributed by atoms with Crippen LogP contribution in [0.25, 0.3) is 0 Å². The number of Topliss-reactive ketones (excluding diaryl/α,β-unsaturated/α-hetero) is 1. The van der Waals surface area contributed by atoms with Crippen LogP contribution in [0.1, 0.15) is 36.0 Å². The van der Waals surface area contributed by atoms with Crippen molar-refractivity contribution in [2.75, 3.05) is 7.11 Å². The highest BCUT2D eigenvalue weighted by Crippen LogP contribution is 2.44. The minimum absolute atomic E-state index is 0.163. The lowest BCUT2D eigenvalue weighted by Gasteiger charge is -2.17. The molecule has 0 bridgehead atoms. The molecule has 1 saturated carbocycles. The van der Waals surface area contributed by atoms with Crippen LogP contribution < -0.4 is 4.74 Å². The number of hydrogen-bond acceptors (Lipinski definition) is 3. The smallest absolute Gasteiger partial charge is 0.134 e. The lowest BCUT2D eigenvalue weighted by atomic mass is 9.87. The second-order valence-electron chi connectivity index (χ2n) is 4.95. The molecule has 3 rings (SSSR count). The summed E-state index contributed by atoms with van der Waals surface area (Å²) in [5.74, 6) is 2.43. The molecule has 2 atom stereocenters. The van der Waals surface area contributed by atoms with E-state index < -0.39 is 0 Å². The van der Waals surface area contributed by atoms with Crippen molar-refractivity contribution < 1.29 is 13.9 Å². The van der Waals surface area contributed by atoms with Gasteiger partial charge in [-0.25, -0.2) is 0 Å². The van der Waals surface area contributed by atoms with Crippen LogP contribution in [0.3, 0.4) is 0 Å². The van der Waals surface area contributed by atoms with E-state index in [4.69, 9.17) is 9.15 Å². The van der Waals surface area contributed by atoms with Crippen molar-refractivity contribution in [3.05, 3.63) is 54.0 Å². The number of furan rings is 1. The third-order valence-corrected chi connectivity index (χ3v) is 3.83. The van der Waals surface area contributed by atoms with Crippen molar-refractivity contribution in [1.29, 1.82) is 0 Å². The fourth-order valence-corrected chi connectivity index (χ4v) is 2.86. The minimum atomic E-state index is 0.163. The minimum Gasteiger partial charge on any atom is -0.497 e. The van der Waals surface area contributed by atoms with E-state index >= 15 is 0 Å². The summed E-state index contributed by atoms with van der Waals surface area (Å²) in [5, 5.41) is 0. The van der Waals surface area contributed by atoms with E-state index in [2.05, 4.69) is 0 Å². The van der Waals surface area contributed by atoms with Crippen molar-refractivity contribution in [1.82, 2.24) is 0 Å². The molecule has 1 aromatic heterocycles. The second-order valence-corrected chi connectivity index (χ2v) is 4.95. The zero-order valence-corrected chi connectivity index (χ0v) is 10.8. The fourth-order valence-electron chi connectivity index (χ4n) is 2.86. The summed E-state index contributed by atoms with van der Waals surface area (Å²) in [4.78, 5) is 11.8. The van der Waals surface area contributed by atoms with E-state index in [-0.39, 0.29) is 11.8 Å². The van der Waals surface area contributed by atoms with E-state index in [1.54, 1.807) is 13.4 Å². The zero-order valence-electron chi connectivity index (χ0n) is 10.8. The third kappa shape index (κ3) is 2.28. The highest BCUT2D eigenvalue weighted by molar-refractivity contribution is 5.83. The Bertz CT molecular complexity index is 554. The van der Waals surface area contributed by atoms with Crippen molar-refractivity contribution in [3.8, 4) is 5.75 Å². The Morgan fingerprint density at radius 1 is 1.11 bits per heavy atom. The predicted molar refractivity (Wildman–Crippen MR) is 71.4 cm³/mol. The lowest BCUT2D eigenvalue weighted by Crippen LogP contribution is -2.03. The molecule has 1 aliphatic carbocycles. The third-order valence-electron chi connectivity index (χ3n) is 3.83. The molecule has 1 aliphatic rings. The summed E-state index contributed by atoms with van der Waals surface area (Å²) in [7, 11) is 1.65. The molecule has 19 heavy (non-hydrogen) atoms. The summed E-state index contributed by atoms with van der Waals surface area (Å²) < 4.78 is 10.7. The van der Waals surface area contributed by atoms with Gasteiger partial charge in [0.05, 0.1) is 13.4 Å². The van der Waals surface area contributed by atoms with Gasteiger partial charge < -0.3 is 9.15 Å². The van der Waals surface area contributed by atoms with Crippen LogP contribution in [-0.4, -0.2) is 12.9 Å².